The minimum absolute atomic E-state index is 0.141. The fourth-order valence-electron chi connectivity index (χ4n) is 1.39. The van der Waals surface area contributed by atoms with E-state index in [1.165, 1.54) is 6.07 Å². The predicted molar refractivity (Wildman–Crippen MR) is 69.9 cm³/mol. The van der Waals surface area contributed by atoms with E-state index in [0.29, 0.717) is 17.2 Å². The van der Waals surface area contributed by atoms with E-state index >= 15 is 0 Å². The van der Waals surface area contributed by atoms with Crippen molar-refractivity contribution in [2.24, 2.45) is 0 Å². The van der Waals surface area contributed by atoms with Gasteiger partial charge in [0, 0.05) is 6.07 Å². The van der Waals surface area contributed by atoms with E-state index in [1.54, 1.807) is 13.2 Å². The van der Waals surface area contributed by atoms with Gasteiger partial charge in [-0.25, -0.2) is 0 Å². The smallest absolute Gasteiger partial charge is 0.194 e. The molecule has 94 valence electrons. The van der Waals surface area contributed by atoms with Crippen molar-refractivity contribution in [2.75, 3.05) is 7.11 Å². The van der Waals surface area contributed by atoms with Crippen LogP contribution in [0.25, 0.3) is 0 Å². The standard InChI is InChI=1S/C12H10Cl2N2O2/c1-7-3-4-8(9(5-7)17-2)18-10-6-11(13)15-16-12(10)14/h3-6H,1-2H3. The van der Waals surface area contributed by atoms with Crippen molar-refractivity contribution in [1.82, 2.24) is 10.2 Å². The summed E-state index contributed by atoms with van der Waals surface area (Å²) in [5.74, 6) is 1.48. The van der Waals surface area contributed by atoms with Crippen LogP contribution in [0.3, 0.4) is 0 Å². The summed E-state index contributed by atoms with van der Waals surface area (Å²) < 4.78 is 10.9. The maximum atomic E-state index is 5.87. The Hall–Kier alpha value is -1.52. The van der Waals surface area contributed by atoms with Crippen LogP contribution in [0.5, 0.6) is 17.2 Å². The van der Waals surface area contributed by atoms with Crippen LogP contribution in [-0.2, 0) is 0 Å². The number of methoxy groups -OCH3 is 1. The van der Waals surface area contributed by atoms with Crippen LogP contribution in [0, 0.1) is 6.92 Å². The van der Waals surface area contributed by atoms with Crippen LogP contribution in [0.15, 0.2) is 24.3 Å². The predicted octanol–water partition coefficient (Wildman–Crippen LogP) is 3.89. The summed E-state index contributed by atoms with van der Waals surface area (Å²) in [6.45, 7) is 1.96. The van der Waals surface area contributed by atoms with Gasteiger partial charge in [0.1, 0.15) is 0 Å². The zero-order valence-electron chi connectivity index (χ0n) is 9.78. The van der Waals surface area contributed by atoms with Gasteiger partial charge in [0.25, 0.3) is 0 Å². The lowest BCUT2D eigenvalue weighted by atomic mass is 10.2. The van der Waals surface area contributed by atoms with E-state index in [-0.39, 0.29) is 10.3 Å². The number of ether oxygens (including phenoxy) is 2. The van der Waals surface area contributed by atoms with Gasteiger partial charge in [-0.2, -0.15) is 0 Å². The van der Waals surface area contributed by atoms with E-state index in [9.17, 15) is 0 Å². The highest BCUT2D eigenvalue weighted by Crippen LogP contribution is 2.35. The lowest BCUT2D eigenvalue weighted by Gasteiger charge is -2.11. The van der Waals surface area contributed by atoms with Gasteiger partial charge in [0.2, 0.25) is 0 Å². The third-order valence-corrected chi connectivity index (χ3v) is 2.67. The minimum atomic E-state index is 0.141. The van der Waals surface area contributed by atoms with Crippen LogP contribution >= 0.6 is 23.2 Å². The number of rotatable bonds is 3. The second-order valence-corrected chi connectivity index (χ2v) is 4.32. The monoisotopic (exact) mass is 284 g/mol. The summed E-state index contributed by atoms with van der Waals surface area (Å²) in [5.41, 5.74) is 1.07. The molecule has 0 aliphatic carbocycles. The van der Waals surface area contributed by atoms with E-state index in [1.807, 2.05) is 19.1 Å². The van der Waals surface area contributed by atoms with Gasteiger partial charge < -0.3 is 9.47 Å². The van der Waals surface area contributed by atoms with E-state index in [2.05, 4.69) is 10.2 Å². The number of nitrogens with zero attached hydrogens (tertiary/aromatic N) is 2. The van der Waals surface area contributed by atoms with Gasteiger partial charge in [0.05, 0.1) is 7.11 Å². The molecule has 0 unspecified atom stereocenters. The van der Waals surface area contributed by atoms with Crippen LogP contribution < -0.4 is 9.47 Å². The Morgan fingerprint density at radius 1 is 1.00 bits per heavy atom. The summed E-state index contributed by atoms with van der Waals surface area (Å²) in [7, 11) is 1.57. The van der Waals surface area contributed by atoms with Crippen molar-refractivity contribution in [1.29, 1.82) is 0 Å². The fourth-order valence-corrected chi connectivity index (χ4v) is 1.65. The number of hydrogen-bond acceptors (Lipinski definition) is 4. The van der Waals surface area contributed by atoms with E-state index in [4.69, 9.17) is 32.7 Å². The number of halogens is 2. The molecule has 0 N–H and O–H groups in total. The summed E-state index contributed by atoms with van der Waals surface area (Å²) in [6.07, 6.45) is 0. The molecule has 0 bridgehead atoms. The Labute approximate surface area is 114 Å². The molecule has 0 saturated heterocycles. The SMILES string of the molecule is COc1cc(C)ccc1Oc1cc(Cl)nnc1Cl. The number of benzene rings is 1. The van der Waals surface area contributed by atoms with E-state index < -0.39 is 0 Å². The maximum Gasteiger partial charge on any atom is 0.194 e. The normalized spacial score (nSPS) is 10.2. The number of aryl methyl sites for hydroxylation is 1. The molecular formula is C12H10Cl2N2O2. The van der Waals surface area contributed by atoms with Crippen molar-refractivity contribution in [3.05, 3.63) is 40.1 Å². The molecule has 0 aliphatic rings. The van der Waals surface area contributed by atoms with E-state index in [0.717, 1.165) is 5.56 Å². The summed E-state index contributed by atoms with van der Waals surface area (Å²) in [6, 6.07) is 7.05. The Balaban J connectivity index is 2.36. The quantitative estimate of drug-likeness (QED) is 0.858. The van der Waals surface area contributed by atoms with Gasteiger partial charge >= 0.3 is 0 Å². The molecule has 4 nitrogen and oxygen atoms in total. The average molecular weight is 285 g/mol. The molecule has 0 atom stereocenters. The highest BCUT2D eigenvalue weighted by atomic mass is 35.5. The van der Waals surface area contributed by atoms with Crippen LogP contribution in [0.4, 0.5) is 0 Å². The molecule has 0 spiro atoms. The first-order valence-electron chi connectivity index (χ1n) is 5.11. The Kier molecular flexibility index (Phi) is 3.89. The zero-order chi connectivity index (χ0) is 13.1. The Morgan fingerprint density at radius 2 is 1.78 bits per heavy atom. The highest BCUT2D eigenvalue weighted by molar-refractivity contribution is 6.32. The average Bonchev–Trinajstić information content (AvgIpc) is 2.36. The molecule has 18 heavy (non-hydrogen) atoms. The van der Waals surface area contributed by atoms with Gasteiger partial charge in [0.15, 0.2) is 27.6 Å². The highest BCUT2D eigenvalue weighted by Gasteiger charge is 2.10. The first kappa shape index (κ1) is 12.9. The molecular weight excluding hydrogens is 275 g/mol. The lowest BCUT2D eigenvalue weighted by Crippen LogP contribution is -1.93. The molecule has 1 heterocycles. The molecule has 6 heteroatoms. The molecule has 1 aromatic heterocycles. The van der Waals surface area contributed by atoms with Gasteiger partial charge in [-0.3, -0.25) is 0 Å². The van der Waals surface area contributed by atoms with Gasteiger partial charge in [-0.05, 0) is 24.6 Å². The molecule has 0 fully saturated rings. The van der Waals surface area contributed by atoms with Crippen LogP contribution in [0.2, 0.25) is 10.3 Å². The second-order valence-electron chi connectivity index (χ2n) is 3.58. The minimum Gasteiger partial charge on any atom is -0.493 e. The maximum absolute atomic E-state index is 5.87. The van der Waals surface area contributed by atoms with Crippen LogP contribution in [0.1, 0.15) is 5.56 Å². The molecule has 0 radical (unpaired) electrons. The summed E-state index contributed by atoms with van der Waals surface area (Å²) >= 11 is 11.6. The van der Waals surface area contributed by atoms with Crippen molar-refractivity contribution < 1.29 is 9.47 Å². The fraction of sp³-hybridized carbons (Fsp3) is 0.167. The molecule has 0 saturated carbocycles. The Morgan fingerprint density at radius 3 is 2.50 bits per heavy atom. The molecule has 0 aliphatic heterocycles. The third-order valence-electron chi connectivity index (χ3n) is 2.23. The molecule has 2 aromatic rings. The Bertz CT molecular complexity index is 576. The summed E-state index contributed by atoms with van der Waals surface area (Å²) in [4.78, 5) is 0. The molecule has 1 aromatic carbocycles. The van der Waals surface area contributed by atoms with Gasteiger partial charge in [-0.1, -0.05) is 29.3 Å². The van der Waals surface area contributed by atoms with Crippen molar-refractivity contribution in [3.8, 4) is 17.2 Å². The molecule has 2 rings (SSSR count). The van der Waals surface area contributed by atoms with Crippen LogP contribution in [-0.4, -0.2) is 17.3 Å². The topological polar surface area (TPSA) is 44.2 Å². The largest absolute Gasteiger partial charge is 0.493 e. The van der Waals surface area contributed by atoms with Gasteiger partial charge in [-0.15, -0.1) is 10.2 Å². The number of hydrogen-bond donors (Lipinski definition) is 0. The zero-order valence-corrected chi connectivity index (χ0v) is 11.3. The first-order valence-corrected chi connectivity index (χ1v) is 5.87. The third kappa shape index (κ3) is 2.83. The lowest BCUT2D eigenvalue weighted by molar-refractivity contribution is 0.378. The van der Waals surface area contributed by atoms with Crippen molar-refractivity contribution in [2.45, 2.75) is 6.92 Å². The first-order chi connectivity index (χ1) is 8.60. The van der Waals surface area contributed by atoms with Crippen molar-refractivity contribution in [3.63, 3.8) is 0 Å². The number of aromatic nitrogens is 2. The summed E-state index contributed by atoms with van der Waals surface area (Å²) in [5, 5.41) is 7.63. The van der Waals surface area contributed by atoms with Crippen molar-refractivity contribution >= 4 is 23.2 Å². The molecule has 0 amide bonds. The second kappa shape index (κ2) is 5.42.